The summed E-state index contributed by atoms with van der Waals surface area (Å²) < 4.78 is 0. The summed E-state index contributed by atoms with van der Waals surface area (Å²) in [7, 11) is 2.05. The molecule has 5 N–H and O–H groups in total. The summed E-state index contributed by atoms with van der Waals surface area (Å²) in [6.45, 7) is 3.58. The molecule has 0 bridgehead atoms. The molecule has 1 aromatic rings. The van der Waals surface area contributed by atoms with E-state index in [-0.39, 0.29) is 41.3 Å². The standard InChI is InChI=1S/C22H30N4O4S/c1-12-18-17(7-8-27)21(28)26(18)19(22(29)30)20(12)31-16-9-14(24-10-16)11-25(2)15-5-3-13(23)4-6-15/h3-6,12,14,16-18,24,27H,7-11,23H2,1-2H3,(H,29,30)/t12-,14+,16+,17+,18-/m1/s1. The van der Waals surface area contributed by atoms with Crippen LogP contribution in [0.5, 0.6) is 0 Å². The molecule has 3 aliphatic heterocycles. The molecular formula is C22H30N4O4S. The molecule has 9 heteroatoms. The lowest BCUT2D eigenvalue weighted by molar-refractivity contribution is -0.157. The summed E-state index contributed by atoms with van der Waals surface area (Å²) in [6.07, 6.45) is 1.31. The van der Waals surface area contributed by atoms with E-state index in [2.05, 4.69) is 17.3 Å². The molecule has 0 saturated carbocycles. The molecule has 0 radical (unpaired) electrons. The van der Waals surface area contributed by atoms with Crippen molar-refractivity contribution in [3.05, 3.63) is 34.9 Å². The number of carboxylic acid groups (broad SMARTS) is 1. The van der Waals surface area contributed by atoms with Crippen LogP contribution in [0.3, 0.4) is 0 Å². The van der Waals surface area contributed by atoms with Crippen molar-refractivity contribution >= 4 is 35.0 Å². The Bertz CT molecular complexity index is 890. The normalized spacial score (nSPS) is 29.8. The molecular weight excluding hydrogens is 416 g/mol. The average molecular weight is 447 g/mol. The highest BCUT2D eigenvalue weighted by Gasteiger charge is 2.58. The topological polar surface area (TPSA) is 119 Å². The van der Waals surface area contributed by atoms with Crippen LogP contribution >= 0.6 is 11.8 Å². The van der Waals surface area contributed by atoms with E-state index in [9.17, 15) is 19.8 Å². The fourth-order valence-electron chi connectivity index (χ4n) is 5.05. The number of aliphatic carboxylic acids is 1. The molecule has 8 nitrogen and oxygen atoms in total. The van der Waals surface area contributed by atoms with E-state index in [0.29, 0.717) is 12.5 Å². The van der Waals surface area contributed by atoms with Crippen LogP contribution in [0.2, 0.25) is 0 Å². The summed E-state index contributed by atoms with van der Waals surface area (Å²) in [4.78, 5) is 28.9. The second kappa shape index (κ2) is 8.72. The molecule has 3 aliphatic rings. The number of aliphatic hydroxyl groups excluding tert-OH is 1. The number of thioether (sulfide) groups is 1. The number of hydrogen-bond acceptors (Lipinski definition) is 7. The molecule has 0 unspecified atom stereocenters. The van der Waals surface area contributed by atoms with Gasteiger partial charge in [-0.3, -0.25) is 4.79 Å². The first-order valence-corrected chi connectivity index (χ1v) is 11.6. The lowest BCUT2D eigenvalue weighted by atomic mass is 9.80. The minimum absolute atomic E-state index is 0.0261. The van der Waals surface area contributed by atoms with Crippen LogP contribution in [0.1, 0.15) is 19.8 Å². The van der Waals surface area contributed by atoms with E-state index in [1.165, 1.54) is 4.90 Å². The number of β-lactam (4-membered cyclic amide) rings is 1. The molecule has 2 fully saturated rings. The Morgan fingerprint density at radius 3 is 2.71 bits per heavy atom. The minimum atomic E-state index is -1.04. The highest BCUT2D eigenvalue weighted by Crippen LogP contribution is 2.51. The zero-order valence-electron chi connectivity index (χ0n) is 17.8. The largest absolute Gasteiger partial charge is 0.477 e. The summed E-state index contributed by atoms with van der Waals surface area (Å²) >= 11 is 1.60. The highest BCUT2D eigenvalue weighted by atomic mass is 32.2. The van der Waals surface area contributed by atoms with Gasteiger partial charge in [0.25, 0.3) is 0 Å². The number of fused-ring (bicyclic) bond motifs is 1. The van der Waals surface area contributed by atoms with Crippen molar-refractivity contribution in [2.45, 2.75) is 37.1 Å². The summed E-state index contributed by atoms with van der Waals surface area (Å²) in [5, 5.41) is 22.9. The molecule has 4 rings (SSSR count). The van der Waals surface area contributed by atoms with Gasteiger partial charge in [-0.15, -0.1) is 11.8 Å². The number of amides is 1. The Hall–Kier alpha value is -2.23. The third-order valence-electron chi connectivity index (χ3n) is 6.61. The van der Waals surface area contributed by atoms with Gasteiger partial charge in [0.1, 0.15) is 5.70 Å². The zero-order valence-corrected chi connectivity index (χ0v) is 18.6. The van der Waals surface area contributed by atoms with Gasteiger partial charge in [0.15, 0.2) is 0 Å². The quantitative estimate of drug-likeness (QED) is 0.349. The molecule has 0 aromatic heterocycles. The molecule has 0 aliphatic carbocycles. The van der Waals surface area contributed by atoms with Gasteiger partial charge in [0.2, 0.25) is 5.91 Å². The van der Waals surface area contributed by atoms with Crippen molar-refractivity contribution in [1.82, 2.24) is 10.2 Å². The van der Waals surface area contributed by atoms with Crippen LogP contribution in [-0.2, 0) is 9.59 Å². The van der Waals surface area contributed by atoms with Crippen molar-refractivity contribution < 1.29 is 19.8 Å². The van der Waals surface area contributed by atoms with E-state index in [1.807, 2.05) is 31.2 Å². The van der Waals surface area contributed by atoms with Gasteiger partial charge in [-0.2, -0.15) is 0 Å². The SMILES string of the molecule is C[C@H]1C(S[C@@H]2CN[C@H](CN(C)c3ccc(N)cc3)C2)=C(C(=O)O)N2C(=O)[C@@H](CCO)[C@@H]12. The lowest BCUT2D eigenvalue weighted by Gasteiger charge is -2.45. The van der Waals surface area contributed by atoms with Crippen molar-refractivity contribution in [3.8, 4) is 0 Å². The number of nitrogens with two attached hydrogens (primary N) is 1. The smallest absolute Gasteiger partial charge is 0.353 e. The minimum Gasteiger partial charge on any atom is -0.477 e. The molecule has 5 atom stereocenters. The number of carbonyl (C=O) groups is 2. The maximum atomic E-state index is 12.5. The van der Waals surface area contributed by atoms with Gasteiger partial charge in [-0.05, 0) is 37.1 Å². The maximum absolute atomic E-state index is 12.5. The Labute approximate surface area is 186 Å². The Balaban J connectivity index is 1.40. The van der Waals surface area contributed by atoms with Crippen LogP contribution in [0.4, 0.5) is 11.4 Å². The van der Waals surface area contributed by atoms with Crippen molar-refractivity contribution in [2.24, 2.45) is 11.8 Å². The number of carbonyl (C=O) groups excluding carboxylic acids is 1. The van der Waals surface area contributed by atoms with Crippen LogP contribution in [0.15, 0.2) is 34.9 Å². The zero-order chi connectivity index (χ0) is 22.3. The van der Waals surface area contributed by atoms with Gasteiger partial charge < -0.3 is 31.1 Å². The first-order valence-electron chi connectivity index (χ1n) is 10.7. The monoisotopic (exact) mass is 446 g/mol. The molecule has 3 heterocycles. The second-order valence-electron chi connectivity index (χ2n) is 8.68. The van der Waals surface area contributed by atoms with E-state index < -0.39 is 5.97 Å². The third-order valence-corrected chi connectivity index (χ3v) is 8.12. The molecule has 168 valence electrons. The Morgan fingerprint density at radius 2 is 2.06 bits per heavy atom. The number of carboxylic acids is 1. The molecule has 31 heavy (non-hydrogen) atoms. The number of nitrogens with one attached hydrogen (secondary N) is 1. The van der Waals surface area contributed by atoms with Gasteiger partial charge in [0.05, 0.1) is 12.0 Å². The van der Waals surface area contributed by atoms with Crippen LogP contribution < -0.4 is 16.0 Å². The fraction of sp³-hybridized carbons (Fsp3) is 0.545. The van der Waals surface area contributed by atoms with Gasteiger partial charge in [-0.1, -0.05) is 6.92 Å². The van der Waals surface area contributed by atoms with Crippen molar-refractivity contribution in [2.75, 3.05) is 37.4 Å². The molecule has 1 amide bonds. The third kappa shape index (κ3) is 4.02. The van der Waals surface area contributed by atoms with E-state index >= 15 is 0 Å². The number of aliphatic hydroxyl groups is 1. The Kier molecular flexibility index (Phi) is 6.18. The summed E-state index contributed by atoms with van der Waals surface area (Å²) in [5.41, 5.74) is 7.76. The van der Waals surface area contributed by atoms with Gasteiger partial charge >= 0.3 is 5.97 Å². The molecule has 1 aromatic carbocycles. The number of anilines is 2. The first-order chi connectivity index (χ1) is 14.8. The molecule has 0 spiro atoms. The summed E-state index contributed by atoms with van der Waals surface area (Å²) in [5.74, 6) is -1.53. The molecule has 2 saturated heterocycles. The summed E-state index contributed by atoms with van der Waals surface area (Å²) in [6, 6.07) is 7.95. The number of nitrogen functional groups attached to an aromatic ring is 1. The van der Waals surface area contributed by atoms with E-state index in [0.717, 1.165) is 35.8 Å². The van der Waals surface area contributed by atoms with Crippen LogP contribution in [0.25, 0.3) is 0 Å². The number of benzene rings is 1. The fourth-order valence-corrected chi connectivity index (χ4v) is 6.57. The van der Waals surface area contributed by atoms with Crippen molar-refractivity contribution in [3.63, 3.8) is 0 Å². The number of nitrogens with zero attached hydrogens (tertiary/aromatic N) is 2. The average Bonchev–Trinajstić information content (AvgIpc) is 3.27. The number of hydrogen-bond donors (Lipinski definition) is 4. The van der Waals surface area contributed by atoms with Crippen LogP contribution in [-0.4, -0.2) is 71.1 Å². The lowest BCUT2D eigenvalue weighted by Crippen LogP contribution is -2.60. The second-order valence-corrected chi connectivity index (χ2v) is 10.0. The number of likely N-dealkylation sites (N-methyl/N-ethyl adjacent to an activating group) is 1. The number of rotatable bonds is 8. The Morgan fingerprint density at radius 1 is 1.35 bits per heavy atom. The van der Waals surface area contributed by atoms with Crippen molar-refractivity contribution in [1.29, 1.82) is 0 Å². The highest BCUT2D eigenvalue weighted by molar-refractivity contribution is 8.03. The maximum Gasteiger partial charge on any atom is 0.353 e. The van der Waals surface area contributed by atoms with E-state index in [1.54, 1.807) is 11.8 Å². The van der Waals surface area contributed by atoms with Gasteiger partial charge in [0, 0.05) is 60.2 Å². The van der Waals surface area contributed by atoms with E-state index in [4.69, 9.17) is 5.73 Å². The predicted molar refractivity (Wildman–Crippen MR) is 122 cm³/mol. The van der Waals surface area contributed by atoms with Crippen LogP contribution in [0, 0.1) is 11.8 Å². The van der Waals surface area contributed by atoms with Gasteiger partial charge in [-0.25, -0.2) is 4.79 Å². The first kappa shape index (κ1) is 22.0. The predicted octanol–water partition coefficient (Wildman–Crippen LogP) is 1.32.